The largest absolute Gasteiger partial charge is 0.494 e. The number of carbonyl (C=O) groups excluding carboxylic acids is 1. The first-order valence-electron chi connectivity index (χ1n) is 6.43. The summed E-state index contributed by atoms with van der Waals surface area (Å²) in [5.74, 6) is 0.469. The smallest absolute Gasteiger partial charge is 0.310 e. The Morgan fingerprint density at radius 3 is 2.76 bits per heavy atom. The number of esters is 1. The van der Waals surface area contributed by atoms with Gasteiger partial charge in [-0.3, -0.25) is 9.79 Å². The lowest BCUT2D eigenvalue weighted by Crippen LogP contribution is -2.06. The molecular formula is C15H17BrN2O3. The summed E-state index contributed by atoms with van der Waals surface area (Å²) in [4.78, 5) is 19.1. The zero-order valence-corrected chi connectivity index (χ0v) is 14.0. The van der Waals surface area contributed by atoms with Crippen LogP contribution in [-0.4, -0.2) is 30.9 Å². The topological polar surface area (TPSA) is 63.7 Å². The average Bonchev–Trinajstić information content (AvgIpc) is 2.93. The van der Waals surface area contributed by atoms with Crippen molar-refractivity contribution in [2.45, 2.75) is 20.3 Å². The standard InChI is InChI=1S/C15H17BrN2O3/c1-8-10(5-15(19)21-4)9(2)17-11(8)6-12-13(20-3)7-14(16)18-12/h6-7,18H,5H2,1-4H3/b11-6-. The Labute approximate surface area is 131 Å². The number of nitrogens with one attached hydrogen (secondary N) is 1. The molecule has 5 nitrogen and oxygen atoms in total. The third-order valence-electron chi connectivity index (χ3n) is 3.39. The lowest BCUT2D eigenvalue weighted by molar-refractivity contribution is -0.139. The van der Waals surface area contributed by atoms with Crippen LogP contribution in [0.2, 0.25) is 0 Å². The van der Waals surface area contributed by atoms with E-state index in [9.17, 15) is 4.79 Å². The van der Waals surface area contributed by atoms with E-state index in [0.29, 0.717) is 0 Å². The van der Waals surface area contributed by atoms with Gasteiger partial charge in [0.2, 0.25) is 0 Å². The van der Waals surface area contributed by atoms with Crippen LogP contribution in [0.3, 0.4) is 0 Å². The molecule has 0 saturated carbocycles. The second kappa shape index (κ2) is 6.30. The maximum atomic E-state index is 11.5. The summed E-state index contributed by atoms with van der Waals surface area (Å²) >= 11 is 3.38. The quantitative estimate of drug-likeness (QED) is 0.843. The molecule has 21 heavy (non-hydrogen) atoms. The first-order valence-corrected chi connectivity index (χ1v) is 7.22. The van der Waals surface area contributed by atoms with E-state index in [0.717, 1.165) is 38.6 Å². The molecule has 1 aliphatic heterocycles. The molecule has 0 bridgehead atoms. The molecule has 0 saturated heterocycles. The van der Waals surface area contributed by atoms with E-state index in [1.807, 2.05) is 26.0 Å². The second-order valence-electron chi connectivity index (χ2n) is 4.68. The highest BCUT2D eigenvalue weighted by Crippen LogP contribution is 2.32. The van der Waals surface area contributed by atoms with E-state index in [4.69, 9.17) is 9.47 Å². The van der Waals surface area contributed by atoms with Crippen LogP contribution in [-0.2, 0) is 9.53 Å². The minimum atomic E-state index is -0.264. The lowest BCUT2D eigenvalue weighted by Gasteiger charge is -2.03. The Kier molecular flexibility index (Phi) is 4.67. The fourth-order valence-corrected chi connectivity index (χ4v) is 2.63. The van der Waals surface area contributed by atoms with E-state index in [-0.39, 0.29) is 12.4 Å². The van der Waals surface area contributed by atoms with Crippen molar-refractivity contribution in [3.8, 4) is 5.75 Å². The Morgan fingerprint density at radius 1 is 1.43 bits per heavy atom. The number of methoxy groups -OCH3 is 2. The van der Waals surface area contributed by atoms with Crippen LogP contribution in [0, 0.1) is 0 Å². The first kappa shape index (κ1) is 15.6. The number of aromatic amines is 1. The van der Waals surface area contributed by atoms with Crippen molar-refractivity contribution in [1.29, 1.82) is 0 Å². The molecule has 112 valence electrons. The summed E-state index contributed by atoms with van der Waals surface area (Å²) in [5, 5.41) is 0. The Morgan fingerprint density at radius 2 is 2.14 bits per heavy atom. The molecule has 0 amide bonds. The summed E-state index contributed by atoms with van der Waals surface area (Å²) in [6.45, 7) is 3.85. The summed E-state index contributed by atoms with van der Waals surface area (Å²) in [5.41, 5.74) is 4.38. The average molecular weight is 353 g/mol. The number of ether oxygens (including phenoxy) is 2. The van der Waals surface area contributed by atoms with Gasteiger partial charge >= 0.3 is 5.97 Å². The summed E-state index contributed by atoms with van der Waals surface area (Å²) in [6.07, 6.45) is 2.15. The molecule has 0 aromatic carbocycles. The van der Waals surface area contributed by atoms with Gasteiger partial charge in [-0.1, -0.05) is 0 Å². The number of halogens is 1. The molecule has 0 radical (unpaired) electrons. The van der Waals surface area contributed by atoms with Crippen molar-refractivity contribution in [3.63, 3.8) is 0 Å². The maximum absolute atomic E-state index is 11.5. The number of allylic oxidation sites excluding steroid dienone is 1. The zero-order chi connectivity index (χ0) is 15.6. The predicted octanol–water partition coefficient (Wildman–Crippen LogP) is 3.48. The van der Waals surface area contributed by atoms with E-state index < -0.39 is 0 Å². The Hall–Kier alpha value is -1.82. The van der Waals surface area contributed by atoms with Gasteiger partial charge in [0.25, 0.3) is 0 Å². The molecule has 1 N–H and O–H groups in total. The van der Waals surface area contributed by atoms with E-state index in [1.54, 1.807) is 7.11 Å². The Bertz CT molecular complexity index is 668. The fraction of sp³-hybridized carbons (Fsp3) is 0.333. The van der Waals surface area contributed by atoms with Gasteiger partial charge in [0.15, 0.2) is 0 Å². The molecule has 1 aliphatic rings. The number of H-pyrrole nitrogens is 1. The van der Waals surface area contributed by atoms with Gasteiger partial charge in [-0.25, -0.2) is 0 Å². The molecule has 0 fully saturated rings. The van der Waals surface area contributed by atoms with E-state index >= 15 is 0 Å². The van der Waals surface area contributed by atoms with Gasteiger partial charge in [-0.2, -0.15) is 0 Å². The molecule has 2 rings (SSSR count). The van der Waals surface area contributed by atoms with Crippen LogP contribution < -0.4 is 4.74 Å². The highest BCUT2D eigenvalue weighted by Gasteiger charge is 2.21. The summed E-state index contributed by atoms with van der Waals surface area (Å²) in [6, 6.07) is 1.85. The number of nitrogens with zero attached hydrogens (tertiary/aromatic N) is 1. The molecule has 0 aliphatic carbocycles. The molecule has 0 spiro atoms. The number of hydrogen-bond acceptors (Lipinski definition) is 4. The molecule has 0 atom stereocenters. The SMILES string of the molecule is COC(=O)CC1=C(C)/C(=C/c2[nH]c(Br)cc2OC)N=C1C. The first-order chi connectivity index (χ1) is 9.96. The minimum Gasteiger partial charge on any atom is -0.494 e. The summed E-state index contributed by atoms with van der Waals surface area (Å²) in [7, 11) is 3.00. The van der Waals surface area contributed by atoms with Crippen molar-refractivity contribution in [2.75, 3.05) is 14.2 Å². The van der Waals surface area contributed by atoms with Gasteiger partial charge in [0.05, 0.1) is 36.6 Å². The third-order valence-corrected chi connectivity index (χ3v) is 3.82. The molecule has 2 heterocycles. The molecule has 1 aromatic heterocycles. The van der Waals surface area contributed by atoms with Crippen LogP contribution in [0.5, 0.6) is 5.75 Å². The number of hydrogen-bond donors (Lipinski definition) is 1. The number of aliphatic imine (C=N–C) groups is 1. The van der Waals surface area contributed by atoms with Crippen molar-refractivity contribution in [2.24, 2.45) is 4.99 Å². The van der Waals surface area contributed by atoms with Gasteiger partial charge in [0.1, 0.15) is 5.75 Å². The van der Waals surface area contributed by atoms with Gasteiger partial charge in [-0.05, 0) is 47.0 Å². The van der Waals surface area contributed by atoms with Crippen LogP contribution in [0.1, 0.15) is 26.0 Å². The Balaban J connectivity index is 2.37. The second-order valence-corrected chi connectivity index (χ2v) is 5.54. The molecule has 1 aromatic rings. The zero-order valence-electron chi connectivity index (χ0n) is 12.4. The highest BCUT2D eigenvalue weighted by molar-refractivity contribution is 9.10. The van der Waals surface area contributed by atoms with E-state index in [1.165, 1.54) is 7.11 Å². The third kappa shape index (κ3) is 3.26. The van der Waals surface area contributed by atoms with Crippen molar-refractivity contribution in [3.05, 3.63) is 33.2 Å². The van der Waals surface area contributed by atoms with Crippen LogP contribution >= 0.6 is 15.9 Å². The number of aromatic nitrogens is 1. The van der Waals surface area contributed by atoms with E-state index in [2.05, 4.69) is 25.9 Å². The van der Waals surface area contributed by atoms with Crippen molar-refractivity contribution in [1.82, 2.24) is 4.98 Å². The van der Waals surface area contributed by atoms with Crippen molar-refractivity contribution < 1.29 is 14.3 Å². The van der Waals surface area contributed by atoms with Crippen LogP contribution in [0.4, 0.5) is 0 Å². The van der Waals surface area contributed by atoms with Crippen LogP contribution in [0.25, 0.3) is 6.08 Å². The monoisotopic (exact) mass is 352 g/mol. The van der Waals surface area contributed by atoms with Gasteiger partial charge in [-0.15, -0.1) is 0 Å². The molecule has 6 heteroatoms. The van der Waals surface area contributed by atoms with Crippen molar-refractivity contribution >= 4 is 33.7 Å². The normalized spacial score (nSPS) is 16.4. The predicted molar refractivity (Wildman–Crippen MR) is 85.5 cm³/mol. The fourth-order valence-electron chi connectivity index (χ4n) is 2.21. The highest BCUT2D eigenvalue weighted by atomic mass is 79.9. The maximum Gasteiger partial charge on any atom is 0.310 e. The lowest BCUT2D eigenvalue weighted by atomic mass is 10.0. The number of carbonyl (C=O) groups is 1. The molecule has 0 unspecified atom stereocenters. The minimum absolute atomic E-state index is 0.237. The molecular weight excluding hydrogens is 336 g/mol. The van der Waals surface area contributed by atoms with Gasteiger partial charge in [0, 0.05) is 11.8 Å². The summed E-state index contributed by atoms with van der Waals surface area (Å²) < 4.78 is 10.9. The number of rotatable bonds is 4. The van der Waals surface area contributed by atoms with Gasteiger partial charge < -0.3 is 14.5 Å². The van der Waals surface area contributed by atoms with Crippen LogP contribution in [0.15, 0.2) is 32.5 Å².